The number of hydrogen-bond donors (Lipinski definition) is 1. The van der Waals surface area contributed by atoms with E-state index in [1.165, 1.54) is 89.9 Å². The number of rotatable bonds is 16. The van der Waals surface area contributed by atoms with E-state index < -0.39 is 0 Å². The Kier molecular flexibility index (Phi) is 13.9. The molecule has 1 rings (SSSR count). The molecule has 1 nitrogen and oxygen atoms in total. The molecular formula is C20H36OS. The zero-order valence-electron chi connectivity index (χ0n) is 14.4. The van der Waals surface area contributed by atoms with E-state index in [9.17, 15) is 0 Å². The molecule has 1 aromatic rings. The van der Waals surface area contributed by atoms with Gasteiger partial charge in [-0.25, -0.2) is 0 Å². The zero-order chi connectivity index (χ0) is 15.7. The Morgan fingerprint density at radius 3 is 1.50 bits per heavy atom. The number of aryl methyl sites for hydroxylation is 1. The molecule has 0 radical (unpaired) electrons. The first-order valence-corrected chi connectivity index (χ1v) is 10.4. The second kappa shape index (κ2) is 15.6. The van der Waals surface area contributed by atoms with E-state index in [1.54, 1.807) is 4.88 Å². The Balaban J connectivity index is 1.68. The molecule has 0 saturated heterocycles. The van der Waals surface area contributed by atoms with Gasteiger partial charge in [0.15, 0.2) is 0 Å². The molecule has 0 amide bonds. The molecule has 0 fully saturated rings. The monoisotopic (exact) mass is 324 g/mol. The van der Waals surface area contributed by atoms with Gasteiger partial charge in [-0.1, -0.05) is 83.1 Å². The van der Waals surface area contributed by atoms with Crippen molar-refractivity contribution in [2.24, 2.45) is 0 Å². The number of aliphatic hydroxyl groups is 1. The van der Waals surface area contributed by atoms with Gasteiger partial charge in [0.2, 0.25) is 0 Å². The molecule has 0 saturated carbocycles. The molecule has 2 heteroatoms. The van der Waals surface area contributed by atoms with E-state index in [4.69, 9.17) is 5.11 Å². The Hall–Kier alpha value is -0.340. The number of unbranched alkanes of at least 4 members (excludes halogenated alkanes) is 13. The molecule has 128 valence electrons. The van der Waals surface area contributed by atoms with Crippen LogP contribution in [0.3, 0.4) is 0 Å². The topological polar surface area (TPSA) is 20.2 Å². The summed E-state index contributed by atoms with van der Waals surface area (Å²) in [6.07, 6.45) is 20.4. The minimum absolute atomic E-state index is 0.369. The summed E-state index contributed by atoms with van der Waals surface area (Å²) in [6.45, 7) is 0.369. The molecule has 1 heterocycles. The molecule has 1 aromatic heterocycles. The molecule has 0 bridgehead atoms. The van der Waals surface area contributed by atoms with Crippen LogP contribution >= 0.6 is 11.3 Å². The molecule has 0 spiro atoms. The van der Waals surface area contributed by atoms with Crippen LogP contribution in [-0.2, 0) is 6.42 Å². The lowest BCUT2D eigenvalue weighted by molar-refractivity contribution is 0.282. The number of aliphatic hydroxyl groups excluding tert-OH is 1. The van der Waals surface area contributed by atoms with Crippen LogP contribution in [0, 0.1) is 0 Å². The van der Waals surface area contributed by atoms with Gasteiger partial charge in [-0.05, 0) is 30.7 Å². The molecule has 0 aromatic carbocycles. The van der Waals surface area contributed by atoms with E-state index in [0.29, 0.717) is 6.61 Å². The van der Waals surface area contributed by atoms with Crippen LogP contribution < -0.4 is 0 Å². The second-order valence-electron chi connectivity index (χ2n) is 6.50. The van der Waals surface area contributed by atoms with E-state index in [2.05, 4.69) is 17.5 Å². The van der Waals surface area contributed by atoms with Crippen LogP contribution in [0.1, 0.15) is 94.8 Å². The van der Waals surface area contributed by atoms with Crippen molar-refractivity contribution in [3.8, 4) is 0 Å². The standard InChI is InChI=1S/C20H36OS/c21-18-14-12-10-8-6-4-2-1-3-5-7-9-11-13-16-20-17-15-19-22-20/h15,17,19,21H,1-14,16,18H2. The van der Waals surface area contributed by atoms with Crippen LogP contribution in [0.25, 0.3) is 0 Å². The van der Waals surface area contributed by atoms with Gasteiger partial charge in [-0.15, -0.1) is 11.3 Å². The van der Waals surface area contributed by atoms with E-state index in [-0.39, 0.29) is 0 Å². The fourth-order valence-corrected chi connectivity index (χ4v) is 3.74. The van der Waals surface area contributed by atoms with Crippen molar-refractivity contribution in [3.05, 3.63) is 22.4 Å². The lowest BCUT2D eigenvalue weighted by Gasteiger charge is -2.03. The second-order valence-corrected chi connectivity index (χ2v) is 7.53. The van der Waals surface area contributed by atoms with Crippen LogP contribution in [0.15, 0.2) is 17.5 Å². The van der Waals surface area contributed by atoms with Crippen LogP contribution in [0.2, 0.25) is 0 Å². The van der Waals surface area contributed by atoms with Crippen molar-refractivity contribution in [2.75, 3.05) is 6.61 Å². The maximum atomic E-state index is 8.70. The summed E-state index contributed by atoms with van der Waals surface area (Å²) in [4.78, 5) is 1.55. The van der Waals surface area contributed by atoms with E-state index in [1.807, 2.05) is 11.3 Å². The fraction of sp³-hybridized carbons (Fsp3) is 0.800. The van der Waals surface area contributed by atoms with Crippen molar-refractivity contribution in [1.29, 1.82) is 0 Å². The molecule has 0 aliphatic carbocycles. The van der Waals surface area contributed by atoms with Crippen molar-refractivity contribution < 1.29 is 5.11 Å². The summed E-state index contributed by atoms with van der Waals surface area (Å²) < 4.78 is 0. The summed E-state index contributed by atoms with van der Waals surface area (Å²) in [5.41, 5.74) is 0. The third-order valence-electron chi connectivity index (χ3n) is 4.41. The van der Waals surface area contributed by atoms with Crippen molar-refractivity contribution in [2.45, 2.75) is 96.3 Å². The third kappa shape index (κ3) is 12.2. The molecule has 0 aliphatic rings. The fourth-order valence-electron chi connectivity index (χ4n) is 2.99. The Bertz CT molecular complexity index is 308. The molecule has 0 aliphatic heterocycles. The van der Waals surface area contributed by atoms with Gasteiger partial charge in [-0.3, -0.25) is 0 Å². The van der Waals surface area contributed by atoms with E-state index >= 15 is 0 Å². The van der Waals surface area contributed by atoms with Crippen LogP contribution in [-0.4, -0.2) is 11.7 Å². The van der Waals surface area contributed by atoms with Crippen molar-refractivity contribution in [3.63, 3.8) is 0 Å². The Labute approximate surface area is 142 Å². The van der Waals surface area contributed by atoms with Gasteiger partial charge in [0.25, 0.3) is 0 Å². The summed E-state index contributed by atoms with van der Waals surface area (Å²) in [5.74, 6) is 0. The number of hydrogen-bond acceptors (Lipinski definition) is 2. The van der Waals surface area contributed by atoms with Gasteiger partial charge >= 0.3 is 0 Å². The van der Waals surface area contributed by atoms with E-state index in [0.717, 1.165) is 6.42 Å². The Morgan fingerprint density at radius 2 is 1.09 bits per heavy atom. The van der Waals surface area contributed by atoms with Gasteiger partial charge < -0.3 is 5.11 Å². The summed E-state index contributed by atoms with van der Waals surface area (Å²) in [5, 5.41) is 10.9. The highest BCUT2D eigenvalue weighted by molar-refractivity contribution is 7.09. The van der Waals surface area contributed by atoms with Gasteiger partial charge in [0.05, 0.1) is 0 Å². The first-order valence-electron chi connectivity index (χ1n) is 9.56. The highest BCUT2D eigenvalue weighted by atomic mass is 32.1. The molecule has 22 heavy (non-hydrogen) atoms. The quantitative estimate of drug-likeness (QED) is 0.334. The zero-order valence-corrected chi connectivity index (χ0v) is 15.2. The third-order valence-corrected chi connectivity index (χ3v) is 5.35. The number of thiophene rings is 1. The lowest BCUT2D eigenvalue weighted by Crippen LogP contribution is -1.85. The highest BCUT2D eigenvalue weighted by Crippen LogP contribution is 2.15. The molecule has 0 atom stereocenters. The summed E-state index contributed by atoms with van der Waals surface area (Å²) in [7, 11) is 0. The maximum absolute atomic E-state index is 8.70. The van der Waals surface area contributed by atoms with Crippen molar-refractivity contribution in [1.82, 2.24) is 0 Å². The first kappa shape index (κ1) is 19.7. The predicted octanol–water partition coefficient (Wildman–Crippen LogP) is 6.74. The predicted molar refractivity (Wildman–Crippen MR) is 99.7 cm³/mol. The molecular weight excluding hydrogens is 288 g/mol. The minimum atomic E-state index is 0.369. The molecule has 1 N–H and O–H groups in total. The summed E-state index contributed by atoms with van der Waals surface area (Å²) in [6, 6.07) is 4.42. The largest absolute Gasteiger partial charge is 0.396 e. The SMILES string of the molecule is OCCCCCCCCCCCCCCCCc1cccs1. The minimum Gasteiger partial charge on any atom is -0.396 e. The average molecular weight is 325 g/mol. The summed E-state index contributed by atoms with van der Waals surface area (Å²) >= 11 is 1.90. The van der Waals surface area contributed by atoms with Gasteiger partial charge in [-0.2, -0.15) is 0 Å². The average Bonchev–Trinajstić information content (AvgIpc) is 3.04. The van der Waals surface area contributed by atoms with Crippen LogP contribution in [0.5, 0.6) is 0 Å². The normalized spacial score (nSPS) is 11.1. The molecule has 0 unspecified atom stereocenters. The van der Waals surface area contributed by atoms with Crippen LogP contribution in [0.4, 0.5) is 0 Å². The first-order chi connectivity index (χ1) is 10.9. The maximum Gasteiger partial charge on any atom is 0.0431 e. The van der Waals surface area contributed by atoms with Gasteiger partial charge in [0.1, 0.15) is 0 Å². The highest BCUT2D eigenvalue weighted by Gasteiger charge is 1.96. The Morgan fingerprint density at radius 1 is 0.636 bits per heavy atom. The van der Waals surface area contributed by atoms with Gasteiger partial charge in [0, 0.05) is 11.5 Å². The van der Waals surface area contributed by atoms with Crippen molar-refractivity contribution >= 4 is 11.3 Å². The lowest BCUT2D eigenvalue weighted by atomic mass is 10.0. The smallest absolute Gasteiger partial charge is 0.0431 e.